The first-order valence-corrected chi connectivity index (χ1v) is 6.09. The summed E-state index contributed by atoms with van der Waals surface area (Å²) in [6.07, 6.45) is 4.63. The molecule has 0 bridgehead atoms. The molecule has 104 valence electrons. The summed E-state index contributed by atoms with van der Waals surface area (Å²) >= 11 is 0. The molecule has 21 heavy (non-hydrogen) atoms. The van der Waals surface area contributed by atoms with Crippen molar-refractivity contribution < 1.29 is 13.6 Å². The van der Waals surface area contributed by atoms with Crippen LogP contribution in [0.4, 0.5) is 8.78 Å². The first-order valence-electron chi connectivity index (χ1n) is 6.09. The second-order valence-corrected chi connectivity index (χ2v) is 4.36. The van der Waals surface area contributed by atoms with E-state index in [1.165, 1.54) is 47.4 Å². The van der Waals surface area contributed by atoms with Gasteiger partial charge in [0, 0.05) is 18.0 Å². The molecule has 2 aromatic heterocycles. The molecule has 0 amide bonds. The highest BCUT2D eigenvalue weighted by molar-refractivity contribution is 5.85. The average molecular weight is 285 g/mol. The van der Waals surface area contributed by atoms with E-state index in [0.717, 1.165) is 6.20 Å². The lowest BCUT2D eigenvalue weighted by atomic mass is 10.1. The van der Waals surface area contributed by atoms with Gasteiger partial charge in [-0.25, -0.2) is 13.5 Å². The molecule has 1 aromatic carbocycles. The quantitative estimate of drug-likeness (QED) is 0.695. The number of nitrogens with zero attached hydrogens (tertiary/aromatic N) is 3. The Morgan fingerprint density at radius 2 is 1.81 bits per heavy atom. The zero-order valence-electron chi connectivity index (χ0n) is 10.7. The molecule has 0 spiro atoms. The van der Waals surface area contributed by atoms with Crippen LogP contribution in [0.25, 0.3) is 16.9 Å². The predicted octanol–water partition coefficient (Wildman–Crippen LogP) is 3.03. The molecule has 0 atom stereocenters. The fraction of sp³-hybridized carbons (Fsp3) is 0. The van der Waals surface area contributed by atoms with E-state index in [4.69, 9.17) is 0 Å². The molecular weight excluding hydrogens is 276 g/mol. The third kappa shape index (κ3) is 2.55. The van der Waals surface area contributed by atoms with Crippen LogP contribution in [-0.4, -0.2) is 21.1 Å². The molecule has 0 N–H and O–H groups in total. The summed E-state index contributed by atoms with van der Waals surface area (Å²) in [5.74, 6) is -0.878. The molecular formula is C15H9F2N3O. The minimum atomic E-state index is -0.513. The van der Waals surface area contributed by atoms with Crippen LogP contribution in [0.1, 0.15) is 10.4 Å². The molecule has 0 unspecified atom stereocenters. The molecule has 4 nitrogen and oxygen atoms in total. The highest BCUT2D eigenvalue weighted by atomic mass is 19.1. The maximum Gasteiger partial charge on any atom is 0.153 e. The third-order valence-corrected chi connectivity index (χ3v) is 2.94. The summed E-state index contributed by atoms with van der Waals surface area (Å²) in [5, 5.41) is 4.25. The second kappa shape index (κ2) is 5.24. The summed E-state index contributed by atoms with van der Waals surface area (Å²) in [5.41, 5.74) is 1.61. The Morgan fingerprint density at radius 1 is 1.05 bits per heavy atom. The van der Waals surface area contributed by atoms with E-state index in [1.54, 1.807) is 0 Å². The first-order chi connectivity index (χ1) is 10.2. The Balaban J connectivity index is 2.10. The lowest BCUT2D eigenvalue weighted by Crippen LogP contribution is -1.95. The SMILES string of the molecule is O=Cc1cn(-c2ccc(F)cc2)nc1-c1cncc(F)c1. The van der Waals surface area contributed by atoms with Gasteiger partial charge >= 0.3 is 0 Å². The van der Waals surface area contributed by atoms with Crippen LogP contribution in [0, 0.1) is 11.6 Å². The van der Waals surface area contributed by atoms with E-state index in [2.05, 4.69) is 10.1 Å². The summed E-state index contributed by atoms with van der Waals surface area (Å²) in [6, 6.07) is 6.90. The molecule has 2 heterocycles. The Labute approximate surface area is 118 Å². The molecule has 0 saturated heterocycles. The Bertz CT molecular complexity index is 797. The zero-order chi connectivity index (χ0) is 14.8. The van der Waals surface area contributed by atoms with E-state index in [9.17, 15) is 13.6 Å². The normalized spacial score (nSPS) is 10.6. The molecule has 0 saturated carbocycles. The number of hydrogen-bond donors (Lipinski definition) is 0. The number of aromatic nitrogens is 3. The predicted molar refractivity (Wildman–Crippen MR) is 72.1 cm³/mol. The van der Waals surface area contributed by atoms with Crippen molar-refractivity contribution in [2.75, 3.05) is 0 Å². The lowest BCUT2D eigenvalue weighted by Gasteiger charge is -2.00. The zero-order valence-corrected chi connectivity index (χ0v) is 10.7. The van der Waals surface area contributed by atoms with Crippen molar-refractivity contribution in [3.05, 3.63) is 66.1 Å². The molecule has 0 fully saturated rings. The van der Waals surface area contributed by atoms with Crippen molar-refractivity contribution in [1.82, 2.24) is 14.8 Å². The molecule has 6 heteroatoms. The molecule has 3 rings (SSSR count). The number of carbonyl (C=O) groups is 1. The van der Waals surface area contributed by atoms with Gasteiger partial charge in [-0.1, -0.05) is 0 Å². The van der Waals surface area contributed by atoms with E-state index in [1.807, 2.05) is 0 Å². The number of hydrogen-bond acceptors (Lipinski definition) is 3. The number of carbonyl (C=O) groups excluding carboxylic acids is 1. The van der Waals surface area contributed by atoms with Crippen LogP contribution < -0.4 is 0 Å². The number of halogens is 2. The number of pyridine rings is 1. The fourth-order valence-corrected chi connectivity index (χ4v) is 1.97. The minimum Gasteiger partial charge on any atom is -0.298 e. The average Bonchev–Trinajstić information content (AvgIpc) is 2.92. The number of benzene rings is 1. The Morgan fingerprint density at radius 3 is 2.48 bits per heavy atom. The third-order valence-electron chi connectivity index (χ3n) is 2.94. The van der Waals surface area contributed by atoms with Gasteiger partial charge in [0.25, 0.3) is 0 Å². The highest BCUT2D eigenvalue weighted by Crippen LogP contribution is 2.22. The topological polar surface area (TPSA) is 47.8 Å². The summed E-state index contributed by atoms with van der Waals surface area (Å²) in [6.45, 7) is 0. The van der Waals surface area contributed by atoms with Gasteiger partial charge < -0.3 is 0 Å². The van der Waals surface area contributed by atoms with Crippen molar-refractivity contribution >= 4 is 6.29 Å². The number of rotatable bonds is 3. The molecule has 0 aliphatic rings. The van der Waals surface area contributed by atoms with E-state index < -0.39 is 5.82 Å². The van der Waals surface area contributed by atoms with Crippen LogP contribution in [0.5, 0.6) is 0 Å². The van der Waals surface area contributed by atoms with Gasteiger partial charge in [-0.05, 0) is 30.3 Å². The van der Waals surface area contributed by atoms with Gasteiger partial charge in [-0.2, -0.15) is 5.10 Å². The van der Waals surface area contributed by atoms with Crippen molar-refractivity contribution in [3.8, 4) is 16.9 Å². The largest absolute Gasteiger partial charge is 0.298 e. The minimum absolute atomic E-state index is 0.298. The van der Waals surface area contributed by atoms with Crippen LogP contribution in [0.15, 0.2) is 48.9 Å². The van der Waals surface area contributed by atoms with Gasteiger partial charge in [-0.15, -0.1) is 0 Å². The lowest BCUT2D eigenvalue weighted by molar-refractivity contribution is 0.112. The summed E-state index contributed by atoms with van der Waals surface area (Å²) < 4.78 is 27.6. The second-order valence-electron chi connectivity index (χ2n) is 4.36. The van der Waals surface area contributed by atoms with Gasteiger partial charge in [0.1, 0.15) is 17.3 Å². The van der Waals surface area contributed by atoms with Crippen molar-refractivity contribution in [2.45, 2.75) is 0 Å². The van der Waals surface area contributed by atoms with Crippen molar-refractivity contribution in [2.24, 2.45) is 0 Å². The number of aldehydes is 1. The van der Waals surface area contributed by atoms with Gasteiger partial charge in [0.15, 0.2) is 6.29 Å². The van der Waals surface area contributed by atoms with Gasteiger partial charge in [-0.3, -0.25) is 9.78 Å². The molecule has 3 aromatic rings. The van der Waals surface area contributed by atoms with Gasteiger partial charge in [0.05, 0.1) is 17.4 Å². The van der Waals surface area contributed by atoms with E-state index in [-0.39, 0.29) is 5.82 Å². The van der Waals surface area contributed by atoms with Crippen LogP contribution in [0.3, 0.4) is 0 Å². The standard InChI is InChI=1S/C15H9F2N3O/c16-12-1-3-14(4-2-12)20-8-11(9-21)15(19-20)10-5-13(17)7-18-6-10/h1-9H. The Hall–Kier alpha value is -2.89. The summed E-state index contributed by atoms with van der Waals surface area (Å²) in [7, 11) is 0. The van der Waals surface area contributed by atoms with E-state index in [0.29, 0.717) is 28.8 Å². The maximum atomic E-state index is 13.2. The molecule has 0 aliphatic heterocycles. The fourth-order valence-electron chi connectivity index (χ4n) is 1.97. The molecule has 0 radical (unpaired) electrons. The van der Waals surface area contributed by atoms with Crippen molar-refractivity contribution in [1.29, 1.82) is 0 Å². The first kappa shape index (κ1) is 13.1. The summed E-state index contributed by atoms with van der Waals surface area (Å²) in [4.78, 5) is 14.9. The molecule has 0 aliphatic carbocycles. The van der Waals surface area contributed by atoms with Crippen LogP contribution in [-0.2, 0) is 0 Å². The smallest absolute Gasteiger partial charge is 0.153 e. The van der Waals surface area contributed by atoms with Gasteiger partial charge in [0.2, 0.25) is 0 Å². The Kier molecular flexibility index (Phi) is 3.27. The van der Waals surface area contributed by atoms with E-state index >= 15 is 0 Å². The monoisotopic (exact) mass is 285 g/mol. The van der Waals surface area contributed by atoms with Crippen molar-refractivity contribution in [3.63, 3.8) is 0 Å². The van der Waals surface area contributed by atoms with Crippen LogP contribution >= 0.6 is 0 Å². The highest BCUT2D eigenvalue weighted by Gasteiger charge is 2.12. The maximum absolute atomic E-state index is 13.2. The van der Waals surface area contributed by atoms with Crippen LogP contribution in [0.2, 0.25) is 0 Å².